The third-order valence-electron chi connectivity index (χ3n) is 5.47. The number of hydrogen-bond acceptors (Lipinski definition) is 5. The Kier molecular flexibility index (Phi) is 7.83. The minimum Gasteiger partial charge on any atom is -0.507 e. The third-order valence-corrected chi connectivity index (χ3v) is 5.47. The Bertz CT molecular complexity index is 1190. The van der Waals surface area contributed by atoms with Crippen molar-refractivity contribution in [3.05, 3.63) is 53.7 Å². The molecular formula is C23H21F6N3O3. The molecule has 1 fully saturated rings. The Balaban J connectivity index is 0.000000429. The van der Waals surface area contributed by atoms with Crippen LogP contribution in [0.3, 0.4) is 0 Å². The standard InChI is InChI=1S/C21H20F3N3O.C2HF3O2/c22-21(23,24)14-7-8-17(19(28)11-14)20-16-6-2-1-5-15(16)18(26-27-20)10-13-4-3-9-25-12-13;3-2(4,5)1(6)7/h1-2,5-8,11,13,25,28H,3-4,9-10,12H2;(H,6,7). The van der Waals surface area contributed by atoms with Gasteiger partial charge in [-0.25, -0.2) is 4.79 Å². The number of hydrogen-bond donors (Lipinski definition) is 3. The zero-order valence-electron chi connectivity index (χ0n) is 18.1. The van der Waals surface area contributed by atoms with Gasteiger partial charge >= 0.3 is 18.3 Å². The van der Waals surface area contributed by atoms with Gasteiger partial charge in [-0.15, -0.1) is 5.10 Å². The maximum atomic E-state index is 12.9. The van der Waals surface area contributed by atoms with Gasteiger partial charge in [0.25, 0.3) is 0 Å². The van der Waals surface area contributed by atoms with Crippen LogP contribution in [0.15, 0.2) is 42.5 Å². The zero-order chi connectivity index (χ0) is 25.8. The first-order chi connectivity index (χ1) is 16.4. The molecule has 2 heterocycles. The topological polar surface area (TPSA) is 95.3 Å². The predicted octanol–water partition coefficient (Wildman–Crippen LogP) is 5.20. The van der Waals surface area contributed by atoms with Gasteiger partial charge < -0.3 is 15.5 Å². The highest BCUT2D eigenvalue weighted by Crippen LogP contribution is 2.38. The van der Waals surface area contributed by atoms with E-state index in [2.05, 4.69) is 15.5 Å². The molecule has 1 unspecified atom stereocenters. The molecule has 6 nitrogen and oxygen atoms in total. The number of fused-ring (bicyclic) bond motifs is 1. The number of rotatable bonds is 3. The quantitative estimate of drug-likeness (QED) is 0.428. The van der Waals surface area contributed by atoms with Gasteiger partial charge in [0.15, 0.2) is 0 Å². The lowest BCUT2D eigenvalue weighted by molar-refractivity contribution is -0.192. The van der Waals surface area contributed by atoms with Gasteiger partial charge in [0.1, 0.15) is 11.4 Å². The Morgan fingerprint density at radius 2 is 1.69 bits per heavy atom. The highest BCUT2D eigenvalue weighted by Gasteiger charge is 2.38. The zero-order valence-corrected chi connectivity index (χ0v) is 18.1. The van der Waals surface area contributed by atoms with Gasteiger partial charge in [-0.2, -0.15) is 31.4 Å². The minimum atomic E-state index is -5.08. The Hall–Kier alpha value is -3.41. The normalized spacial score (nSPS) is 16.5. The molecule has 0 amide bonds. The molecule has 12 heteroatoms. The van der Waals surface area contributed by atoms with Gasteiger partial charge in [-0.1, -0.05) is 24.3 Å². The average Bonchev–Trinajstić information content (AvgIpc) is 2.79. The van der Waals surface area contributed by atoms with Crippen molar-refractivity contribution in [2.45, 2.75) is 31.6 Å². The van der Waals surface area contributed by atoms with Crippen molar-refractivity contribution < 1.29 is 41.4 Å². The lowest BCUT2D eigenvalue weighted by Crippen LogP contribution is -2.31. The molecule has 0 radical (unpaired) electrons. The average molecular weight is 501 g/mol. The smallest absolute Gasteiger partial charge is 0.490 e. The highest BCUT2D eigenvalue weighted by atomic mass is 19.4. The fraction of sp³-hybridized carbons (Fsp3) is 0.348. The van der Waals surface area contributed by atoms with Crippen molar-refractivity contribution in [1.29, 1.82) is 0 Å². The summed E-state index contributed by atoms with van der Waals surface area (Å²) < 4.78 is 70.4. The van der Waals surface area contributed by atoms with Gasteiger partial charge in [0, 0.05) is 16.3 Å². The number of nitrogens with zero attached hydrogens (tertiary/aromatic N) is 2. The molecule has 2 aromatic carbocycles. The fourth-order valence-electron chi connectivity index (χ4n) is 3.79. The lowest BCUT2D eigenvalue weighted by atomic mass is 9.92. The van der Waals surface area contributed by atoms with Crippen molar-refractivity contribution in [3.8, 4) is 17.0 Å². The number of phenols is 1. The molecule has 0 bridgehead atoms. The maximum absolute atomic E-state index is 12.9. The molecule has 0 saturated carbocycles. The fourth-order valence-corrected chi connectivity index (χ4v) is 3.79. The van der Waals surface area contributed by atoms with Crippen LogP contribution in [0.4, 0.5) is 26.3 Å². The summed E-state index contributed by atoms with van der Waals surface area (Å²) >= 11 is 0. The van der Waals surface area contributed by atoms with Crippen LogP contribution >= 0.6 is 0 Å². The first kappa shape index (κ1) is 26.2. The number of aromatic hydroxyl groups is 1. The Labute approximate surface area is 195 Å². The number of aliphatic carboxylic acids is 1. The van der Waals surface area contributed by atoms with E-state index in [4.69, 9.17) is 9.90 Å². The van der Waals surface area contributed by atoms with E-state index in [0.717, 1.165) is 61.0 Å². The van der Waals surface area contributed by atoms with E-state index in [9.17, 15) is 31.4 Å². The van der Waals surface area contributed by atoms with Gasteiger partial charge in [0.2, 0.25) is 0 Å². The number of piperidine rings is 1. The van der Waals surface area contributed by atoms with Crippen LogP contribution < -0.4 is 5.32 Å². The summed E-state index contributed by atoms with van der Waals surface area (Å²) in [5.74, 6) is -2.73. The number of aromatic nitrogens is 2. The second-order valence-electron chi connectivity index (χ2n) is 7.99. The van der Waals surface area contributed by atoms with Crippen LogP contribution in [0, 0.1) is 5.92 Å². The molecule has 0 spiro atoms. The van der Waals surface area contributed by atoms with Gasteiger partial charge in [-0.05, 0) is 56.5 Å². The molecule has 1 aliphatic rings. The van der Waals surface area contributed by atoms with E-state index in [0.29, 0.717) is 11.6 Å². The van der Waals surface area contributed by atoms with E-state index in [1.165, 1.54) is 6.07 Å². The van der Waals surface area contributed by atoms with E-state index in [-0.39, 0.29) is 5.56 Å². The van der Waals surface area contributed by atoms with E-state index in [1.807, 2.05) is 24.3 Å². The number of nitrogens with one attached hydrogen (secondary N) is 1. The summed E-state index contributed by atoms with van der Waals surface area (Å²) in [5.41, 5.74) is 0.599. The molecule has 4 rings (SSSR count). The van der Waals surface area contributed by atoms with Crippen molar-refractivity contribution in [3.63, 3.8) is 0 Å². The second kappa shape index (κ2) is 10.5. The SMILES string of the molecule is O=C(O)C(F)(F)F.Oc1cc(C(F)(F)F)ccc1-c1nnc(CC2CCCNC2)c2ccccc12. The summed E-state index contributed by atoms with van der Waals surface area (Å²) in [5, 5.41) is 31.1. The minimum absolute atomic E-state index is 0.239. The van der Waals surface area contributed by atoms with Crippen LogP contribution in [-0.2, 0) is 17.4 Å². The first-order valence-corrected chi connectivity index (χ1v) is 10.5. The predicted molar refractivity (Wildman–Crippen MR) is 115 cm³/mol. The van der Waals surface area contributed by atoms with Crippen LogP contribution in [0.2, 0.25) is 0 Å². The molecule has 35 heavy (non-hydrogen) atoms. The Morgan fingerprint density at radius 3 is 2.23 bits per heavy atom. The molecule has 3 N–H and O–H groups in total. The van der Waals surface area contributed by atoms with Gasteiger partial charge in [-0.3, -0.25) is 0 Å². The van der Waals surface area contributed by atoms with Crippen molar-refractivity contribution in [2.75, 3.05) is 13.1 Å². The summed E-state index contributed by atoms with van der Waals surface area (Å²) in [7, 11) is 0. The highest BCUT2D eigenvalue weighted by molar-refractivity contribution is 5.96. The molecule has 188 valence electrons. The molecule has 0 aliphatic carbocycles. The summed E-state index contributed by atoms with van der Waals surface area (Å²) in [4.78, 5) is 8.90. The van der Waals surface area contributed by atoms with E-state index < -0.39 is 29.6 Å². The third kappa shape index (κ3) is 6.59. The van der Waals surface area contributed by atoms with Crippen molar-refractivity contribution >= 4 is 16.7 Å². The maximum Gasteiger partial charge on any atom is 0.490 e. The lowest BCUT2D eigenvalue weighted by Gasteiger charge is -2.22. The van der Waals surface area contributed by atoms with Crippen LogP contribution in [0.5, 0.6) is 5.75 Å². The number of carbonyl (C=O) groups is 1. The monoisotopic (exact) mass is 501 g/mol. The second-order valence-corrected chi connectivity index (χ2v) is 7.99. The number of carboxylic acids is 1. The van der Waals surface area contributed by atoms with Crippen molar-refractivity contribution in [1.82, 2.24) is 15.5 Å². The number of benzene rings is 2. The molecule has 3 aromatic rings. The number of alkyl halides is 6. The van der Waals surface area contributed by atoms with E-state index >= 15 is 0 Å². The largest absolute Gasteiger partial charge is 0.507 e. The van der Waals surface area contributed by atoms with Crippen LogP contribution in [0.1, 0.15) is 24.1 Å². The summed E-state index contributed by atoms with van der Waals surface area (Å²) in [6.07, 6.45) is -6.54. The van der Waals surface area contributed by atoms with Crippen LogP contribution in [0.25, 0.3) is 22.0 Å². The molecule has 1 saturated heterocycles. The molecule has 1 aromatic heterocycles. The molecular weight excluding hydrogens is 480 g/mol. The number of halogens is 6. The summed E-state index contributed by atoms with van der Waals surface area (Å²) in [6, 6.07) is 10.5. The van der Waals surface area contributed by atoms with Crippen LogP contribution in [-0.4, -0.2) is 45.6 Å². The summed E-state index contributed by atoms with van der Waals surface area (Å²) in [6.45, 7) is 1.98. The van der Waals surface area contributed by atoms with Gasteiger partial charge in [0.05, 0.1) is 11.3 Å². The number of carboxylic acid groups (broad SMARTS) is 1. The van der Waals surface area contributed by atoms with E-state index in [1.54, 1.807) is 0 Å². The van der Waals surface area contributed by atoms with Crippen molar-refractivity contribution in [2.24, 2.45) is 5.92 Å². The number of phenolic OH excluding ortho intramolecular Hbond substituents is 1. The molecule has 1 aliphatic heterocycles. The first-order valence-electron chi connectivity index (χ1n) is 10.5. The Morgan fingerprint density at radius 1 is 1.03 bits per heavy atom. The molecule has 1 atom stereocenters.